The van der Waals surface area contributed by atoms with Crippen molar-refractivity contribution in [3.63, 3.8) is 0 Å². The van der Waals surface area contributed by atoms with Gasteiger partial charge in [-0.2, -0.15) is 0 Å². The number of fused-ring (bicyclic) bond motifs is 2. The number of nitrogens with one attached hydrogen (secondary N) is 1. The molecule has 1 saturated carbocycles. The number of ether oxygens (including phenoxy) is 1. The number of primary amides is 1. The van der Waals surface area contributed by atoms with Gasteiger partial charge in [-0.3, -0.25) is 14.0 Å². The lowest BCUT2D eigenvalue weighted by molar-refractivity contribution is 0.1000. The average Bonchev–Trinajstić information content (AvgIpc) is 3.75. The number of carbonyl (C=O) groups excluding carboxylic acids is 1. The lowest BCUT2D eigenvalue weighted by Gasteiger charge is -2.30. The number of hydrogen-bond donors (Lipinski definition) is 3. The normalized spacial score (nSPS) is 19.5. The van der Waals surface area contributed by atoms with Crippen molar-refractivity contribution in [1.29, 1.82) is 0 Å². The number of nitrogens with zero attached hydrogens (tertiary/aromatic N) is 6. The molecule has 2 fully saturated rings. The number of anilines is 2. The van der Waals surface area contributed by atoms with E-state index in [1.54, 1.807) is 28.0 Å². The van der Waals surface area contributed by atoms with Crippen LogP contribution in [0.2, 0.25) is 0 Å². The van der Waals surface area contributed by atoms with Crippen LogP contribution >= 0.6 is 34.0 Å². The first-order chi connectivity index (χ1) is 20.5. The lowest BCUT2D eigenvalue weighted by Crippen LogP contribution is -2.43. The molecule has 1 aliphatic heterocycles. The highest BCUT2D eigenvalue weighted by molar-refractivity contribution is 7.29. The van der Waals surface area contributed by atoms with Gasteiger partial charge in [-0.05, 0) is 12.8 Å². The van der Waals surface area contributed by atoms with Crippen LogP contribution < -0.4 is 27.1 Å². The molecule has 2 atom stereocenters. The molecule has 7 rings (SSSR count). The van der Waals surface area contributed by atoms with E-state index < -0.39 is 5.91 Å². The molecular weight excluding hydrogens is 595 g/mol. The first-order valence-electron chi connectivity index (χ1n) is 13.8. The Hall–Kier alpha value is -3.50. The highest BCUT2D eigenvalue weighted by atomic mass is 32.1. The summed E-state index contributed by atoms with van der Waals surface area (Å²) >= 11 is 4.56. The van der Waals surface area contributed by atoms with Gasteiger partial charge >= 0.3 is 0 Å². The van der Waals surface area contributed by atoms with Crippen LogP contribution in [-0.2, 0) is 11.2 Å². The molecule has 218 valence electrons. The van der Waals surface area contributed by atoms with E-state index >= 15 is 0 Å². The van der Waals surface area contributed by atoms with Gasteiger partial charge in [0, 0.05) is 59.7 Å². The van der Waals surface area contributed by atoms with Crippen LogP contribution in [0.15, 0.2) is 28.8 Å². The van der Waals surface area contributed by atoms with Gasteiger partial charge in [0.05, 0.1) is 33.3 Å². The molecule has 0 spiro atoms. The van der Waals surface area contributed by atoms with Crippen molar-refractivity contribution in [3.8, 4) is 10.6 Å². The topological polar surface area (TPSA) is 167 Å². The number of morpholine rings is 1. The lowest BCUT2D eigenvalue weighted by atomic mass is 9.91. The van der Waals surface area contributed by atoms with Crippen molar-refractivity contribution in [2.75, 3.05) is 36.5 Å². The summed E-state index contributed by atoms with van der Waals surface area (Å²) in [6.07, 6.45) is 7.74. The molecule has 0 bridgehead atoms. The second kappa shape index (κ2) is 11.3. The fourth-order valence-electron chi connectivity index (χ4n) is 5.61. The Morgan fingerprint density at radius 2 is 2.00 bits per heavy atom. The van der Waals surface area contributed by atoms with E-state index in [0.717, 1.165) is 68.6 Å². The molecule has 1 saturated heterocycles. The van der Waals surface area contributed by atoms with Crippen LogP contribution in [0.4, 0.5) is 10.9 Å². The van der Waals surface area contributed by atoms with E-state index in [4.69, 9.17) is 26.2 Å². The Balaban J connectivity index is 1.23. The third-order valence-corrected chi connectivity index (χ3v) is 11.2. The molecule has 5 N–H and O–H groups in total. The van der Waals surface area contributed by atoms with Crippen molar-refractivity contribution >= 4 is 65.9 Å². The predicted octanol–water partition coefficient (Wildman–Crippen LogP) is 3.09. The van der Waals surface area contributed by atoms with E-state index in [0.29, 0.717) is 36.9 Å². The summed E-state index contributed by atoms with van der Waals surface area (Å²) in [7, 11) is 0. The summed E-state index contributed by atoms with van der Waals surface area (Å²) in [6, 6.07) is 1.80. The zero-order valence-electron chi connectivity index (χ0n) is 22.6. The van der Waals surface area contributed by atoms with Gasteiger partial charge in [0.15, 0.2) is 11.1 Å². The zero-order chi connectivity index (χ0) is 28.8. The Kier molecular flexibility index (Phi) is 7.35. The standard InChI is InChI=1S/C27H29N9O3S3/c28-16-3-1-2-4-17(16)32-27-33-18(21(24(29)38)25-34-31-13-36(25)27)9-14-11-30-26(41-14)15-12-40-23-19(37)10-20(42-22(15)23)35-5-7-39-8-6-35/h10-13,16-17H,1-9,28H2,(H2,29,38)(H,32,33)/t16-,17+/m1/s1. The summed E-state index contributed by atoms with van der Waals surface area (Å²) in [5.74, 6) is -0.0864. The maximum Gasteiger partial charge on any atom is 0.254 e. The molecule has 0 unspecified atom stereocenters. The molecule has 2 aliphatic rings. The number of rotatable bonds is 7. The van der Waals surface area contributed by atoms with Gasteiger partial charge in [-0.15, -0.1) is 44.2 Å². The number of nitrogens with two attached hydrogens (primary N) is 2. The molecule has 15 heteroatoms. The summed E-state index contributed by atoms with van der Waals surface area (Å²) < 4.78 is 8.82. The van der Waals surface area contributed by atoms with Gasteiger partial charge in [0.25, 0.3) is 5.91 Å². The van der Waals surface area contributed by atoms with Gasteiger partial charge < -0.3 is 26.4 Å². The second-order valence-corrected chi connectivity index (χ2v) is 13.5. The van der Waals surface area contributed by atoms with Crippen molar-refractivity contribution < 1.29 is 9.53 Å². The molecular formula is C27H29N9O3S3. The van der Waals surface area contributed by atoms with Crippen LogP contribution in [0.1, 0.15) is 46.6 Å². The fraction of sp³-hybridized carbons (Fsp3) is 0.407. The molecule has 0 aromatic carbocycles. The predicted molar refractivity (Wildman–Crippen MR) is 166 cm³/mol. The third-order valence-electron chi connectivity index (χ3n) is 7.79. The average molecular weight is 624 g/mol. The highest BCUT2D eigenvalue weighted by Crippen LogP contribution is 2.40. The fourth-order valence-corrected chi connectivity index (χ4v) is 9.03. The van der Waals surface area contributed by atoms with E-state index in [-0.39, 0.29) is 23.1 Å². The number of thiazole rings is 1. The number of amides is 1. The van der Waals surface area contributed by atoms with Crippen LogP contribution in [-0.4, -0.2) is 68.9 Å². The SMILES string of the molecule is NC(=O)c1c(Cc2cnc(-c3csc4c(=O)cc(N5CCOCC5)sc34)s2)nc(N[C@H]2CCCC[C@H]2N)n2cnnc12. The van der Waals surface area contributed by atoms with Crippen molar-refractivity contribution in [1.82, 2.24) is 24.6 Å². The van der Waals surface area contributed by atoms with Crippen LogP contribution in [0, 0.1) is 0 Å². The van der Waals surface area contributed by atoms with Gasteiger partial charge in [-0.25, -0.2) is 9.97 Å². The molecule has 1 aliphatic carbocycles. The molecule has 5 aromatic rings. The minimum atomic E-state index is -0.620. The van der Waals surface area contributed by atoms with Crippen molar-refractivity contribution in [3.05, 3.63) is 50.3 Å². The Labute approximate surface area is 252 Å². The summed E-state index contributed by atoms with van der Waals surface area (Å²) in [4.78, 5) is 38.3. The summed E-state index contributed by atoms with van der Waals surface area (Å²) in [5.41, 5.74) is 14.3. The van der Waals surface area contributed by atoms with E-state index in [1.807, 2.05) is 5.38 Å². The van der Waals surface area contributed by atoms with Crippen LogP contribution in [0.25, 0.3) is 25.6 Å². The highest BCUT2D eigenvalue weighted by Gasteiger charge is 2.26. The van der Waals surface area contributed by atoms with Crippen molar-refractivity contribution in [2.24, 2.45) is 11.5 Å². The number of hydrogen-bond acceptors (Lipinski definition) is 13. The Morgan fingerprint density at radius 3 is 2.81 bits per heavy atom. The van der Waals surface area contributed by atoms with E-state index in [1.165, 1.54) is 29.0 Å². The monoisotopic (exact) mass is 623 g/mol. The van der Waals surface area contributed by atoms with Crippen LogP contribution in [0.5, 0.6) is 0 Å². The zero-order valence-corrected chi connectivity index (χ0v) is 25.1. The Bertz CT molecular complexity index is 1840. The maximum absolute atomic E-state index is 13.0. The molecule has 5 aromatic heterocycles. The number of thiophene rings is 1. The molecule has 6 heterocycles. The van der Waals surface area contributed by atoms with Crippen LogP contribution in [0.3, 0.4) is 0 Å². The molecule has 0 radical (unpaired) electrons. The van der Waals surface area contributed by atoms with Gasteiger partial charge in [0.2, 0.25) is 5.95 Å². The minimum Gasteiger partial charge on any atom is -0.378 e. The van der Waals surface area contributed by atoms with E-state index in [9.17, 15) is 9.59 Å². The Morgan fingerprint density at radius 1 is 1.17 bits per heavy atom. The molecule has 1 amide bonds. The summed E-state index contributed by atoms with van der Waals surface area (Å²) in [5, 5.41) is 15.5. The first-order valence-corrected chi connectivity index (χ1v) is 16.3. The summed E-state index contributed by atoms with van der Waals surface area (Å²) in [6.45, 7) is 2.82. The molecule has 12 nitrogen and oxygen atoms in total. The van der Waals surface area contributed by atoms with Crippen molar-refractivity contribution in [2.45, 2.75) is 44.2 Å². The van der Waals surface area contributed by atoms with Gasteiger partial charge in [-0.1, -0.05) is 12.8 Å². The smallest absolute Gasteiger partial charge is 0.254 e. The maximum atomic E-state index is 13.0. The quantitative estimate of drug-likeness (QED) is 0.245. The largest absolute Gasteiger partial charge is 0.378 e. The molecule has 42 heavy (non-hydrogen) atoms. The number of carbonyl (C=O) groups is 1. The van der Waals surface area contributed by atoms with Gasteiger partial charge in [0.1, 0.15) is 16.9 Å². The number of aromatic nitrogens is 5. The third kappa shape index (κ3) is 5.04. The van der Waals surface area contributed by atoms with E-state index in [2.05, 4.69) is 20.4 Å². The first kappa shape index (κ1) is 27.3. The second-order valence-electron chi connectivity index (χ2n) is 10.5. The minimum absolute atomic E-state index is 0.00954.